The van der Waals surface area contributed by atoms with Crippen molar-refractivity contribution in [3.63, 3.8) is 0 Å². The number of rotatable bonds is 2. The quantitative estimate of drug-likeness (QED) is 0.865. The maximum Gasteiger partial charge on any atom is 0.257 e. The van der Waals surface area contributed by atoms with Gasteiger partial charge in [-0.25, -0.2) is 0 Å². The molecule has 5 heteroatoms. The van der Waals surface area contributed by atoms with Crippen molar-refractivity contribution in [1.82, 2.24) is 4.90 Å². The Morgan fingerprint density at radius 2 is 2.20 bits per heavy atom. The Kier molecular flexibility index (Phi) is 3.93. The molecule has 0 unspecified atom stereocenters. The molecule has 0 saturated carbocycles. The number of aliphatic hydroxyl groups is 2. The number of nitrogens with zero attached hydrogens (tertiary/aromatic N) is 1. The zero-order chi connectivity index (χ0) is 15.1. The molecular formula is C15H23NO4. The monoisotopic (exact) mass is 281 g/mol. The molecule has 1 aromatic rings. The molecule has 0 spiro atoms. The van der Waals surface area contributed by atoms with Gasteiger partial charge in [-0.2, -0.15) is 0 Å². The highest BCUT2D eigenvalue weighted by atomic mass is 16.3. The summed E-state index contributed by atoms with van der Waals surface area (Å²) < 4.78 is 5.60. The van der Waals surface area contributed by atoms with Gasteiger partial charge in [0.1, 0.15) is 11.5 Å². The third kappa shape index (κ3) is 2.74. The summed E-state index contributed by atoms with van der Waals surface area (Å²) in [5.74, 6) is 1.47. The maximum absolute atomic E-state index is 12.5. The lowest BCUT2D eigenvalue weighted by molar-refractivity contribution is -0.0999. The first-order chi connectivity index (χ1) is 9.22. The summed E-state index contributed by atoms with van der Waals surface area (Å²) in [6.07, 6.45) is -0.551. The van der Waals surface area contributed by atoms with Gasteiger partial charge in [-0.3, -0.25) is 4.79 Å². The zero-order valence-corrected chi connectivity index (χ0v) is 12.5. The molecule has 1 aromatic heterocycles. The van der Waals surface area contributed by atoms with E-state index in [4.69, 9.17) is 4.42 Å². The van der Waals surface area contributed by atoms with Crippen LogP contribution in [0.25, 0.3) is 0 Å². The second kappa shape index (κ2) is 5.22. The maximum atomic E-state index is 12.5. The van der Waals surface area contributed by atoms with Crippen LogP contribution in [0.4, 0.5) is 0 Å². The Labute approximate surface area is 119 Å². The SMILES string of the molecule is Cc1oc(C(C)C)cc1C(=O)N1CC[C@@](C)(O)[C@@H](O)C1. The molecule has 1 saturated heterocycles. The number of carbonyl (C=O) groups excluding carboxylic acids is 1. The summed E-state index contributed by atoms with van der Waals surface area (Å²) in [6, 6.07) is 1.78. The summed E-state index contributed by atoms with van der Waals surface area (Å²) >= 11 is 0. The van der Waals surface area contributed by atoms with E-state index in [0.717, 1.165) is 5.76 Å². The normalized spacial score (nSPS) is 27.1. The Morgan fingerprint density at radius 1 is 1.55 bits per heavy atom. The fourth-order valence-corrected chi connectivity index (χ4v) is 2.38. The van der Waals surface area contributed by atoms with Crippen LogP contribution in [0.1, 0.15) is 55.0 Å². The van der Waals surface area contributed by atoms with Crippen molar-refractivity contribution in [2.45, 2.75) is 51.7 Å². The Bertz CT molecular complexity index is 504. The number of β-amino-alcohol motifs (C(OH)–C–C–N with tert-alkyl or cyclic N) is 1. The number of hydrogen-bond acceptors (Lipinski definition) is 4. The predicted molar refractivity (Wildman–Crippen MR) is 74.7 cm³/mol. The second-order valence-electron chi connectivity index (χ2n) is 6.15. The molecular weight excluding hydrogens is 258 g/mol. The van der Waals surface area contributed by atoms with Gasteiger partial charge in [-0.1, -0.05) is 13.8 Å². The average molecular weight is 281 g/mol. The van der Waals surface area contributed by atoms with Crippen molar-refractivity contribution in [2.24, 2.45) is 0 Å². The lowest BCUT2D eigenvalue weighted by atomic mass is 9.90. The van der Waals surface area contributed by atoms with Gasteiger partial charge < -0.3 is 19.5 Å². The first kappa shape index (κ1) is 15.1. The van der Waals surface area contributed by atoms with Gasteiger partial charge in [0.2, 0.25) is 0 Å². The van der Waals surface area contributed by atoms with Gasteiger partial charge in [0.25, 0.3) is 5.91 Å². The summed E-state index contributed by atoms with van der Waals surface area (Å²) in [7, 11) is 0. The molecule has 5 nitrogen and oxygen atoms in total. The minimum atomic E-state index is -1.12. The molecule has 20 heavy (non-hydrogen) atoms. The summed E-state index contributed by atoms with van der Waals surface area (Å²) in [5, 5.41) is 19.8. The Hall–Kier alpha value is -1.33. The molecule has 1 fully saturated rings. The van der Waals surface area contributed by atoms with E-state index in [1.165, 1.54) is 0 Å². The fourth-order valence-electron chi connectivity index (χ4n) is 2.38. The molecule has 1 aliphatic rings. The van der Waals surface area contributed by atoms with Crippen LogP contribution >= 0.6 is 0 Å². The van der Waals surface area contributed by atoms with Crippen molar-refractivity contribution >= 4 is 5.91 Å². The Balaban J connectivity index is 2.16. The minimum Gasteiger partial charge on any atom is -0.465 e. The molecule has 0 bridgehead atoms. The molecule has 0 aromatic carbocycles. The zero-order valence-electron chi connectivity index (χ0n) is 12.5. The van der Waals surface area contributed by atoms with E-state index >= 15 is 0 Å². The average Bonchev–Trinajstić information content (AvgIpc) is 2.74. The van der Waals surface area contributed by atoms with Crippen molar-refractivity contribution in [3.05, 3.63) is 23.2 Å². The van der Waals surface area contributed by atoms with E-state index in [-0.39, 0.29) is 18.4 Å². The van der Waals surface area contributed by atoms with Crippen LogP contribution in [0.3, 0.4) is 0 Å². The van der Waals surface area contributed by atoms with Crippen LogP contribution in [0.15, 0.2) is 10.5 Å². The highest BCUT2D eigenvalue weighted by molar-refractivity contribution is 5.95. The first-order valence-electron chi connectivity index (χ1n) is 7.02. The molecule has 2 atom stereocenters. The first-order valence-corrected chi connectivity index (χ1v) is 7.02. The van der Waals surface area contributed by atoms with Crippen LogP contribution in [0.2, 0.25) is 0 Å². The number of aliphatic hydroxyl groups excluding tert-OH is 1. The summed E-state index contributed by atoms with van der Waals surface area (Å²) in [6.45, 7) is 7.97. The third-order valence-electron chi connectivity index (χ3n) is 4.02. The van der Waals surface area contributed by atoms with Gasteiger partial charge in [0.05, 0.1) is 17.3 Å². The molecule has 1 aliphatic heterocycles. The highest BCUT2D eigenvalue weighted by Crippen LogP contribution is 2.26. The smallest absolute Gasteiger partial charge is 0.257 e. The second-order valence-corrected chi connectivity index (χ2v) is 6.15. The Morgan fingerprint density at radius 3 is 2.70 bits per heavy atom. The van der Waals surface area contributed by atoms with Crippen LogP contribution in [0, 0.1) is 6.92 Å². The van der Waals surface area contributed by atoms with Crippen LogP contribution in [-0.2, 0) is 0 Å². The number of furan rings is 1. The van der Waals surface area contributed by atoms with E-state index < -0.39 is 11.7 Å². The molecule has 2 rings (SSSR count). The number of aryl methyl sites for hydroxylation is 1. The summed E-state index contributed by atoms with van der Waals surface area (Å²) in [4.78, 5) is 14.1. The van der Waals surface area contributed by atoms with E-state index in [0.29, 0.717) is 24.3 Å². The topological polar surface area (TPSA) is 73.9 Å². The molecule has 2 heterocycles. The van der Waals surface area contributed by atoms with Crippen molar-refractivity contribution < 1.29 is 19.4 Å². The predicted octanol–water partition coefficient (Wildman–Crippen LogP) is 1.67. The summed E-state index contributed by atoms with van der Waals surface area (Å²) in [5.41, 5.74) is -0.576. The van der Waals surface area contributed by atoms with E-state index in [1.54, 1.807) is 24.8 Å². The lowest BCUT2D eigenvalue weighted by Crippen LogP contribution is -2.55. The number of piperidine rings is 1. The van der Waals surface area contributed by atoms with Crippen LogP contribution in [-0.4, -0.2) is 45.8 Å². The van der Waals surface area contributed by atoms with Crippen molar-refractivity contribution in [2.75, 3.05) is 13.1 Å². The number of likely N-dealkylation sites (tertiary alicyclic amines) is 1. The van der Waals surface area contributed by atoms with Gasteiger partial charge in [0, 0.05) is 19.0 Å². The number of amides is 1. The number of hydrogen-bond donors (Lipinski definition) is 2. The van der Waals surface area contributed by atoms with Crippen molar-refractivity contribution in [3.8, 4) is 0 Å². The van der Waals surface area contributed by atoms with Crippen LogP contribution in [0.5, 0.6) is 0 Å². The molecule has 1 amide bonds. The van der Waals surface area contributed by atoms with E-state index in [2.05, 4.69) is 0 Å². The molecule has 0 aliphatic carbocycles. The lowest BCUT2D eigenvalue weighted by Gasteiger charge is -2.39. The molecule has 2 N–H and O–H groups in total. The van der Waals surface area contributed by atoms with Gasteiger partial charge in [-0.05, 0) is 26.3 Å². The molecule has 112 valence electrons. The minimum absolute atomic E-state index is 0.146. The fraction of sp³-hybridized carbons (Fsp3) is 0.667. The molecule has 0 radical (unpaired) electrons. The van der Waals surface area contributed by atoms with Crippen molar-refractivity contribution in [1.29, 1.82) is 0 Å². The van der Waals surface area contributed by atoms with Gasteiger partial charge in [0.15, 0.2) is 0 Å². The van der Waals surface area contributed by atoms with Gasteiger partial charge in [-0.15, -0.1) is 0 Å². The third-order valence-corrected chi connectivity index (χ3v) is 4.02. The van der Waals surface area contributed by atoms with E-state index in [9.17, 15) is 15.0 Å². The largest absolute Gasteiger partial charge is 0.465 e. The van der Waals surface area contributed by atoms with Crippen LogP contribution < -0.4 is 0 Å². The van der Waals surface area contributed by atoms with Gasteiger partial charge >= 0.3 is 0 Å². The standard InChI is InChI=1S/C15H23NO4/c1-9(2)12-7-11(10(3)20-12)14(18)16-6-5-15(4,19)13(17)8-16/h7,9,13,17,19H,5-6,8H2,1-4H3/t13-,15+/m0/s1. The highest BCUT2D eigenvalue weighted by Gasteiger charge is 2.38. The van der Waals surface area contributed by atoms with E-state index in [1.807, 2.05) is 13.8 Å². The number of carbonyl (C=O) groups is 1.